The first-order valence-electron chi connectivity index (χ1n) is 21.3. The first-order chi connectivity index (χ1) is 32.5. The number of fused-ring (bicyclic) bond motifs is 3. The highest BCUT2D eigenvalue weighted by Gasteiger charge is 2.27. The largest absolute Gasteiger partial charge is 0.306 e. The van der Waals surface area contributed by atoms with Crippen LogP contribution >= 0.6 is 11.3 Å². The Morgan fingerprint density at radius 3 is 1.39 bits per heavy atom. The predicted molar refractivity (Wildman–Crippen MR) is 270 cm³/mol. The second-order valence-corrected chi connectivity index (χ2v) is 16.8. The Bertz CT molecular complexity index is 3420. The summed E-state index contributed by atoms with van der Waals surface area (Å²) in [6, 6.07) is 59.3. The summed E-state index contributed by atoms with van der Waals surface area (Å²) in [5.41, 5.74) is 11.7. The summed E-state index contributed by atoms with van der Waals surface area (Å²) in [6.45, 7) is 0. The smallest absolute Gasteiger partial charge is 0.166 e. The average Bonchev–Trinajstić information content (AvgIpc) is 4.19. The Balaban J connectivity index is 0.996. The molecule has 3 aromatic heterocycles. The van der Waals surface area contributed by atoms with Crippen LogP contribution in [0.25, 0.3) is 65.4 Å². The molecule has 0 saturated heterocycles. The topological polar surface area (TPSA) is 156 Å². The Labute approximate surface area is 383 Å². The standard InChI is InChI=1S/C55H38N10S/c56-30-45-47(32-58)64(54(60-45)38-10-3-1-4-11-38)40-26-22-35(23-27-40)50-51(36-24-28-41(29-25-36)65-48(33-59)46(31-57)61-55(65)39-12-5-2-6-13-39)63-53(62-50)37-20-18-34(19-21-37)42-15-9-16-44-43-14-7-8-17-49(43)66-52(42)44/h1-33,53,56-59H. The number of thiophene rings is 1. The van der Waals surface area contributed by atoms with Gasteiger partial charge in [-0.25, -0.2) is 9.97 Å². The van der Waals surface area contributed by atoms with Gasteiger partial charge in [-0.1, -0.05) is 146 Å². The zero-order valence-electron chi connectivity index (χ0n) is 35.2. The van der Waals surface area contributed by atoms with Crippen molar-refractivity contribution in [2.45, 2.75) is 6.17 Å². The summed E-state index contributed by atoms with van der Waals surface area (Å²) in [6.07, 6.45) is 4.35. The van der Waals surface area contributed by atoms with Crippen LogP contribution in [0, 0.1) is 21.6 Å². The number of hydrogen-bond donors (Lipinski definition) is 4. The number of nitrogens with one attached hydrogen (secondary N) is 4. The molecule has 0 fully saturated rings. The van der Waals surface area contributed by atoms with Crippen molar-refractivity contribution in [1.82, 2.24) is 19.1 Å². The molecule has 0 spiro atoms. The van der Waals surface area contributed by atoms with Crippen LogP contribution in [-0.4, -0.2) is 55.4 Å². The van der Waals surface area contributed by atoms with Gasteiger partial charge >= 0.3 is 0 Å². The van der Waals surface area contributed by atoms with Crippen LogP contribution in [0.5, 0.6) is 0 Å². The number of hydrogen-bond acceptors (Lipinski definition) is 9. The van der Waals surface area contributed by atoms with E-state index in [-0.39, 0.29) is 0 Å². The van der Waals surface area contributed by atoms with E-state index in [4.69, 9.17) is 41.6 Å². The molecular formula is C55H38N10S. The Morgan fingerprint density at radius 1 is 0.424 bits per heavy atom. The summed E-state index contributed by atoms with van der Waals surface area (Å²) < 4.78 is 6.36. The molecule has 7 aromatic carbocycles. The molecule has 1 aliphatic heterocycles. The zero-order valence-corrected chi connectivity index (χ0v) is 36.0. The third kappa shape index (κ3) is 6.82. The first-order valence-corrected chi connectivity index (χ1v) is 22.1. The van der Waals surface area contributed by atoms with E-state index in [1.54, 1.807) is 0 Å². The van der Waals surface area contributed by atoms with Gasteiger partial charge in [0, 0.05) is 78.7 Å². The van der Waals surface area contributed by atoms with Gasteiger partial charge in [-0.15, -0.1) is 11.3 Å². The monoisotopic (exact) mass is 870 g/mol. The predicted octanol–water partition coefficient (Wildman–Crippen LogP) is 12.4. The lowest BCUT2D eigenvalue weighted by molar-refractivity contribution is 0.798. The number of nitrogens with zero attached hydrogens (tertiary/aromatic N) is 6. The molecule has 0 aliphatic carbocycles. The maximum absolute atomic E-state index is 8.29. The van der Waals surface area contributed by atoms with Gasteiger partial charge in [0.15, 0.2) is 6.17 Å². The van der Waals surface area contributed by atoms with Crippen molar-refractivity contribution in [2.75, 3.05) is 0 Å². The molecule has 0 atom stereocenters. The third-order valence-electron chi connectivity index (χ3n) is 11.9. The molecular weight excluding hydrogens is 833 g/mol. The van der Waals surface area contributed by atoms with Gasteiger partial charge in [0.1, 0.15) is 23.0 Å². The fourth-order valence-electron chi connectivity index (χ4n) is 8.79. The molecule has 66 heavy (non-hydrogen) atoms. The van der Waals surface area contributed by atoms with Crippen LogP contribution in [-0.2, 0) is 0 Å². The van der Waals surface area contributed by atoms with Crippen LogP contribution < -0.4 is 0 Å². The molecule has 10 nitrogen and oxygen atoms in total. The Kier molecular flexibility index (Phi) is 10.1. The van der Waals surface area contributed by atoms with E-state index in [9.17, 15) is 0 Å². The van der Waals surface area contributed by atoms with Crippen LogP contribution in [0.1, 0.15) is 45.6 Å². The third-order valence-corrected chi connectivity index (χ3v) is 13.2. The molecule has 0 unspecified atom stereocenters. The van der Waals surface area contributed by atoms with E-state index in [2.05, 4.69) is 66.7 Å². The molecule has 10 aromatic rings. The van der Waals surface area contributed by atoms with Crippen molar-refractivity contribution >= 4 is 67.8 Å². The second kappa shape index (κ2) is 16.7. The summed E-state index contributed by atoms with van der Waals surface area (Å²) in [5, 5.41) is 35.2. The minimum atomic E-state index is -0.500. The van der Waals surface area contributed by atoms with Crippen molar-refractivity contribution in [3.63, 3.8) is 0 Å². The summed E-state index contributed by atoms with van der Waals surface area (Å²) in [7, 11) is 0. The SMILES string of the molecule is N=Cc1nc(-c2ccccc2)n(-c2ccc(C3=NC(c4ccc(-c5cccc6c5sc5ccccc56)cc4)N=C3c3ccc(-n4c(-c5ccccc5)nc(C=N)c4C=N)cc3)cc2)c1C=N. The molecule has 0 amide bonds. The quantitative estimate of drug-likeness (QED) is 0.0902. The van der Waals surface area contributed by atoms with E-state index in [1.165, 1.54) is 50.6 Å². The number of rotatable bonds is 12. The van der Waals surface area contributed by atoms with E-state index in [1.807, 2.05) is 130 Å². The average molecular weight is 871 g/mol. The van der Waals surface area contributed by atoms with E-state index < -0.39 is 6.17 Å². The lowest BCUT2D eigenvalue weighted by atomic mass is 9.99. The molecule has 314 valence electrons. The summed E-state index contributed by atoms with van der Waals surface area (Å²) in [4.78, 5) is 20.2. The van der Waals surface area contributed by atoms with Crippen molar-refractivity contribution in [3.8, 4) is 45.3 Å². The Hall–Kier alpha value is -8.80. The van der Waals surface area contributed by atoms with Crippen molar-refractivity contribution in [2.24, 2.45) is 9.98 Å². The molecule has 0 radical (unpaired) electrons. The normalized spacial score (nSPS) is 13.4. The number of imidazole rings is 2. The first kappa shape index (κ1) is 40.0. The van der Waals surface area contributed by atoms with Crippen LogP contribution in [0.4, 0.5) is 0 Å². The maximum atomic E-state index is 8.29. The number of benzene rings is 7. The maximum Gasteiger partial charge on any atom is 0.166 e. The van der Waals surface area contributed by atoms with Gasteiger partial charge in [0.05, 0.1) is 22.8 Å². The van der Waals surface area contributed by atoms with E-state index >= 15 is 0 Å². The summed E-state index contributed by atoms with van der Waals surface area (Å²) in [5.74, 6) is 1.28. The van der Waals surface area contributed by atoms with Crippen molar-refractivity contribution in [1.29, 1.82) is 21.6 Å². The van der Waals surface area contributed by atoms with Crippen LogP contribution in [0.2, 0.25) is 0 Å². The fourth-order valence-corrected chi connectivity index (χ4v) is 10.0. The lowest BCUT2D eigenvalue weighted by Crippen LogP contribution is -2.14. The number of aliphatic imine (C=N–C) groups is 2. The van der Waals surface area contributed by atoms with Crippen molar-refractivity contribution in [3.05, 3.63) is 215 Å². The highest BCUT2D eigenvalue weighted by atomic mass is 32.1. The van der Waals surface area contributed by atoms with Gasteiger partial charge < -0.3 is 21.6 Å². The molecule has 4 N–H and O–H groups in total. The van der Waals surface area contributed by atoms with Crippen LogP contribution in [0.3, 0.4) is 0 Å². The van der Waals surface area contributed by atoms with Gasteiger partial charge in [0.25, 0.3) is 0 Å². The van der Waals surface area contributed by atoms with Gasteiger partial charge in [-0.05, 0) is 47.0 Å². The van der Waals surface area contributed by atoms with Crippen molar-refractivity contribution < 1.29 is 0 Å². The summed E-state index contributed by atoms with van der Waals surface area (Å²) >= 11 is 1.82. The van der Waals surface area contributed by atoms with Gasteiger partial charge in [-0.3, -0.25) is 19.1 Å². The molecule has 4 heterocycles. The minimum Gasteiger partial charge on any atom is -0.306 e. The second-order valence-electron chi connectivity index (χ2n) is 15.7. The molecule has 11 rings (SSSR count). The molecule has 0 bridgehead atoms. The molecule has 0 saturated carbocycles. The number of aromatic nitrogens is 4. The highest BCUT2D eigenvalue weighted by Crippen LogP contribution is 2.40. The van der Waals surface area contributed by atoms with Crippen LogP contribution in [0.15, 0.2) is 186 Å². The highest BCUT2D eigenvalue weighted by molar-refractivity contribution is 7.26. The van der Waals surface area contributed by atoms with Gasteiger partial charge in [-0.2, -0.15) is 0 Å². The minimum absolute atomic E-state index is 0.411. The van der Waals surface area contributed by atoms with Gasteiger partial charge in [0.2, 0.25) is 0 Å². The molecule has 11 heteroatoms. The van der Waals surface area contributed by atoms with E-state index in [0.29, 0.717) is 34.4 Å². The molecule has 1 aliphatic rings. The zero-order chi connectivity index (χ0) is 44.7. The lowest BCUT2D eigenvalue weighted by Gasteiger charge is -2.13. The fraction of sp³-hybridized carbons (Fsp3) is 0.0182. The Morgan fingerprint density at radius 2 is 0.894 bits per heavy atom. The van der Waals surface area contributed by atoms with E-state index in [0.717, 1.165) is 56.2 Å².